The summed E-state index contributed by atoms with van der Waals surface area (Å²) in [4.78, 5) is 41.0. The molecule has 0 spiro atoms. The van der Waals surface area contributed by atoms with Gasteiger partial charge in [0, 0.05) is 12.1 Å². The number of ether oxygens (including phenoxy) is 1. The molecule has 1 aromatic heterocycles. The third kappa shape index (κ3) is 5.32. The summed E-state index contributed by atoms with van der Waals surface area (Å²) < 4.78 is 5.55. The molecule has 8 heteroatoms. The van der Waals surface area contributed by atoms with E-state index in [-0.39, 0.29) is 36.2 Å². The van der Waals surface area contributed by atoms with E-state index in [9.17, 15) is 19.5 Å². The van der Waals surface area contributed by atoms with Gasteiger partial charge in [0.05, 0.1) is 5.69 Å². The van der Waals surface area contributed by atoms with E-state index in [1.165, 1.54) is 12.3 Å². The summed E-state index contributed by atoms with van der Waals surface area (Å²) in [7, 11) is 0. The Morgan fingerprint density at radius 2 is 1.60 bits per heavy atom. The number of pyridine rings is 1. The molecular weight excluding hydrogens is 446 g/mol. The van der Waals surface area contributed by atoms with Crippen LogP contribution in [0.4, 0.5) is 10.5 Å². The normalized spacial score (nSPS) is 13.0. The van der Waals surface area contributed by atoms with Crippen molar-refractivity contribution in [2.45, 2.75) is 32.2 Å². The molecule has 180 valence electrons. The maximum absolute atomic E-state index is 12.8. The van der Waals surface area contributed by atoms with Crippen molar-refractivity contribution in [1.29, 1.82) is 0 Å². The molecule has 2 aromatic carbocycles. The van der Waals surface area contributed by atoms with E-state index in [0.717, 1.165) is 22.3 Å². The molecule has 4 rings (SSSR count). The van der Waals surface area contributed by atoms with Crippen molar-refractivity contribution in [2.24, 2.45) is 5.92 Å². The summed E-state index contributed by atoms with van der Waals surface area (Å²) in [5.41, 5.74) is 4.47. The Bertz CT molecular complexity index is 1210. The van der Waals surface area contributed by atoms with Gasteiger partial charge in [-0.1, -0.05) is 62.4 Å². The first-order valence-corrected chi connectivity index (χ1v) is 11.5. The van der Waals surface area contributed by atoms with Gasteiger partial charge in [0.2, 0.25) is 0 Å². The first-order chi connectivity index (χ1) is 16.8. The van der Waals surface area contributed by atoms with Crippen molar-refractivity contribution in [2.75, 3.05) is 11.9 Å². The number of hydrogen-bond donors (Lipinski definition) is 3. The van der Waals surface area contributed by atoms with Crippen molar-refractivity contribution < 1.29 is 24.2 Å². The fraction of sp³-hybridized carbons (Fsp3) is 0.259. The van der Waals surface area contributed by atoms with Crippen LogP contribution in [0.25, 0.3) is 11.1 Å². The summed E-state index contributed by atoms with van der Waals surface area (Å²) in [5, 5.41) is 14.5. The number of anilines is 1. The van der Waals surface area contributed by atoms with Gasteiger partial charge in [0.15, 0.2) is 5.69 Å². The zero-order valence-corrected chi connectivity index (χ0v) is 19.5. The lowest BCUT2D eigenvalue weighted by Crippen LogP contribution is -2.42. The molecule has 1 aliphatic rings. The molecular formula is C27H27N3O5. The van der Waals surface area contributed by atoms with Crippen LogP contribution in [0.5, 0.6) is 0 Å². The van der Waals surface area contributed by atoms with Crippen molar-refractivity contribution in [1.82, 2.24) is 10.3 Å². The number of carboxylic acid groups (broad SMARTS) is 1. The molecule has 0 fully saturated rings. The van der Waals surface area contributed by atoms with E-state index in [0.29, 0.717) is 0 Å². The third-order valence-electron chi connectivity index (χ3n) is 5.91. The summed E-state index contributed by atoms with van der Waals surface area (Å²) in [5.74, 6) is -1.85. The largest absolute Gasteiger partial charge is 0.480 e. The minimum absolute atomic E-state index is 0.0681. The van der Waals surface area contributed by atoms with E-state index in [4.69, 9.17) is 4.74 Å². The average molecular weight is 474 g/mol. The number of carboxylic acids is 1. The highest BCUT2D eigenvalue weighted by molar-refractivity contribution is 6.02. The molecule has 0 saturated heterocycles. The number of nitrogens with one attached hydrogen (secondary N) is 2. The summed E-state index contributed by atoms with van der Waals surface area (Å²) in [6.45, 7) is 3.86. The smallest absolute Gasteiger partial charge is 0.411 e. The Balaban J connectivity index is 1.44. The monoisotopic (exact) mass is 473 g/mol. The quantitative estimate of drug-likeness (QED) is 0.438. The van der Waals surface area contributed by atoms with Gasteiger partial charge in [-0.3, -0.25) is 10.1 Å². The molecule has 0 aliphatic heterocycles. The lowest BCUT2D eigenvalue weighted by molar-refractivity contribution is -0.139. The number of rotatable bonds is 8. The van der Waals surface area contributed by atoms with Crippen LogP contribution < -0.4 is 10.6 Å². The number of carbonyl (C=O) groups excluding carboxylic acids is 2. The fourth-order valence-electron chi connectivity index (χ4n) is 4.35. The number of nitrogens with zero attached hydrogens (tertiary/aromatic N) is 1. The summed E-state index contributed by atoms with van der Waals surface area (Å²) in [6.07, 6.45) is 0.935. The number of aliphatic carboxylic acids is 1. The standard InChI is InChI=1S/C27H27N3O5/c1-16(2)14-23(26(32)33)29-25(31)24-22(12-7-13-28-24)30-27(34)35-15-21-19-10-5-3-8-17(19)18-9-4-6-11-20(18)21/h3-13,16,21,23H,14-15H2,1-2H3,(H,29,31)(H,30,34)(H,32,33). The SMILES string of the molecule is CC(C)CC(NC(=O)c1ncccc1NC(=O)OCC1c2ccccc2-c2ccccc21)C(=O)O. The van der Waals surface area contributed by atoms with Crippen molar-refractivity contribution >= 4 is 23.7 Å². The molecule has 1 heterocycles. The van der Waals surface area contributed by atoms with E-state index in [2.05, 4.69) is 27.8 Å². The van der Waals surface area contributed by atoms with Gasteiger partial charge >= 0.3 is 12.1 Å². The molecule has 3 aromatic rings. The Kier molecular flexibility index (Phi) is 7.10. The first kappa shape index (κ1) is 23.9. The number of aromatic nitrogens is 1. The molecule has 8 nitrogen and oxygen atoms in total. The van der Waals surface area contributed by atoms with Crippen LogP contribution in [0.2, 0.25) is 0 Å². The van der Waals surface area contributed by atoms with Gasteiger partial charge in [-0.15, -0.1) is 0 Å². The van der Waals surface area contributed by atoms with Crippen LogP contribution in [-0.4, -0.2) is 40.7 Å². The molecule has 0 bridgehead atoms. The number of carbonyl (C=O) groups is 3. The van der Waals surface area contributed by atoms with Crippen molar-refractivity contribution in [3.05, 3.63) is 83.7 Å². The van der Waals surface area contributed by atoms with Gasteiger partial charge in [0.25, 0.3) is 5.91 Å². The first-order valence-electron chi connectivity index (χ1n) is 11.5. The van der Waals surface area contributed by atoms with Crippen LogP contribution in [0, 0.1) is 5.92 Å². The van der Waals surface area contributed by atoms with E-state index >= 15 is 0 Å². The molecule has 1 aliphatic carbocycles. The molecule has 0 saturated carbocycles. The highest BCUT2D eigenvalue weighted by Crippen LogP contribution is 2.44. The highest BCUT2D eigenvalue weighted by atomic mass is 16.5. The van der Waals surface area contributed by atoms with E-state index in [1.807, 2.05) is 50.2 Å². The van der Waals surface area contributed by atoms with Crippen molar-refractivity contribution in [3.8, 4) is 11.1 Å². The molecule has 0 radical (unpaired) electrons. The van der Waals surface area contributed by atoms with Gasteiger partial charge in [0.1, 0.15) is 12.6 Å². The summed E-state index contributed by atoms with van der Waals surface area (Å²) >= 11 is 0. The summed E-state index contributed by atoms with van der Waals surface area (Å²) in [6, 6.07) is 18.1. The predicted octanol–water partition coefficient (Wildman–Crippen LogP) is 4.67. The van der Waals surface area contributed by atoms with Crippen LogP contribution >= 0.6 is 0 Å². The van der Waals surface area contributed by atoms with Crippen molar-refractivity contribution in [3.63, 3.8) is 0 Å². The third-order valence-corrected chi connectivity index (χ3v) is 5.91. The number of benzene rings is 2. The molecule has 2 amide bonds. The van der Waals surface area contributed by atoms with Crippen LogP contribution in [-0.2, 0) is 9.53 Å². The Labute approximate surface area is 203 Å². The van der Waals surface area contributed by atoms with Crippen LogP contribution in [0.15, 0.2) is 66.9 Å². The van der Waals surface area contributed by atoms with Gasteiger partial charge in [-0.05, 0) is 46.7 Å². The lowest BCUT2D eigenvalue weighted by Gasteiger charge is -2.18. The van der Waals surface area contributed by atoms with Gasteiger partial charge < -0.3 is 15.2 Å². The predicted molar refractivity (Wildman–Crippen MR) is 131 cm³/mol. The average Bonchev–Trinajstić information content (AvgIpc) is 3.16. The maximum Gasteiger partial charge on any atom is 0.411 e. The van der Waals surface area contributed by atoms with Gasteiger partial charge in [-0.2, -0.15) is 0 Å². The number of hydrogen-bond acceptors (Lipinski definition) is 5. The van der Waals surface area contributed by atoms with E-state index in [1.54, 1.807) is 6.07 Å². The minimum atomic E-state index is -1.13. The van der Waals surface area contributed by atoms with Crippen LogP contribution in [0.1, 0.15) is 47.8 Å². The molecule has 35 heavy (non-hydrogen) atoms. The maximum atomic E-state index is 12.8. The topological polar surface area (TPSA) is 118 Å². The number of fused-ring (bicyclic) bond motifs is 3. The second-order valence-electron chi connectivity index (χ2n) is 8.84. The second kappa shape index (κ2) is 10.4. The lowest BCUT2D eigenvalue weighted by atomic mass is 9.98. The Morgan fingerprint density at radius 3 is 2.20 bits per heavy atom. The van der Waals surface area contributed by atoms with Crippen LogP contribution in [0.3, 0.4) is 0 Å². The Morgan fingerprint density at radius 1 is 0.971 bits per heavy atom. The highest BCUT2D eigenvalue weighted by Gasteiger charge is 2.29. The second-order valence-corrected chi connectivity index (χ2v) is 8.84. The minimum Gasteiger partial charge on any atom is -0.480 e. The molecule has 1 atom stereocenters. The zero-order valence-electron chi connectivity index (χ0n) is 19.5. The fourth-order valence-corrected chi connectivity index (χ4v) is 4.35. The zero-order chi connectivity index (χ0) is 24.9. The van der Waals surface area contributed by atoms with E-state index < -0.39 is 24.0 Å². The Hall–Kier alpha value is -4.20. The van der Waals surface area contributed by atoms with Gasteiger partial charge in [-0.25, -0.2) is 14.6 Å². The molecule has 3 N–H and O–H groups in total. The molecule has 1 unspecified atom stereocenters. The number of amides is 2.